The number of carboxylic acids is 1. The number of ether oxygens (including phenoxy) is 2. The van der Waals surface area contributed by atoms with E-state index >= 15 is 0 Å². The fourth-order valence-electron chi connectivity index (χ4n) is 1.84. The number of carboxylic acid groups (broad SMARTS) is 1. The Bertz CT molecular complexity index is 374. The summed E-state index contributed by atoms with van der Waals surface area (Å²) >= 11 is 0. The molecule has 1 aliphatic rings. The van der Waals surface area contributed by atoms with Gasteiger partial charge in [-0.25, -0.2) is 9.59 Å². The molecule has 1 rings (SSSR count). The van der Waals surface area contributed by atoms with E-state index in [4.69, 9.17) is 9.47 Å². The topological polar surface area (TPSA) is 76.1 Å². The molecule has 0 spiro atoms. The summed E-state index contributed by atoms with van der Waals surface area (Å²) in [7, 11) is 0. The van der Waals surface area contributed by atoms with Crippen molar-refractivity contribution in [2.75, 3.05) is 19.7 Å². The first-order valence-corrected chi connectivity index (χ1v) is 6.16. The Morgan fingerprint density at radius 2 is 2.16 bits per heavy atom. The van der Waals surface area contributed by atoms with Crippen molar-refractivity contribution in [2.45, 2.75) is 38.4 Å². The maximum atomic E-state index is 12.0. The highest BCUT2D eigenvalue weighted by molar-refractivity contribution is 5.79. The number of nitrogens with zero attached hydrogens (tertiary/aromatic N) is 1. The SMILES string of the molecule is C=CCC1(C(=O)O)CN(C(=O)OC(C)(C)C)CCO1. The summed E-state index contributed by atoms with van der Waals surface area (Å²) in [6.07, 6.45) is 1.10. The minimum Gasteiger partial charge on any atom is -0.479 e. The van der Waals surface area contributed by atoms with Crippen molar-refractivity contribution >= 4 is 12.1 Å². The van der Waals surface area contributed by atoms with Gasteiger partial charge in [-0.3, -0.25) is 0 Å². The van der Waals surface area contributed by atoms with Gasteiger partial charge >= 0.3 is 12.1 Å². The zero-order chi connectivity index (χ0) is 14.7. The largest absolute Gasteiger partial charge is 0.479 e. The summed E-state index contributed by atoms with van der Waals surface area (Å²) in [6, 6.07) is 0. The fraction of sp³-hybridized carbons (Fsp3) is 0.692. The van der Waals surface area contributed by atoms with Crippen LogP contribution in [0.2, 0.25) is 0 Å². The Morgan fingerprint density at radius 1 is 1.53 bits per heavy atom. The van der Waals surface area contributed by atoms with Gasteiger partial charge in [0.15, 0.2) is 5.60 Å². The maximum absolute atomic E-state index is 12.0. The smallest absolute Gasteiger partial charge is 0.410 e. The monoisotopic (exact) mass is 271 g/mol. The van der Waals surface area contributed by atoms with Crippen molar-refractivity contribution in [1.29, 1.82) is 0 Å². The van der Waals surface area contributed by atoms with E-state index in [-0.39, 0.29) is 19.6 Å². The Kier molecular flexibility index (Phi) is 4.57. The van der Waals surface area contributed by atoms with Gasteiger partial charge < -0.3 is 19.5 Å². The van der Waals surface area contributed by atoms with Crippen LogP contribution in [-0.2, 0) is 14.3 Å². The second kappa shape index (κ2) is 5.61. The third-order valence-electron chi connectivity index (χ3n) is 2.70. The molecule has 6 nitrogen and oxygen atoms in total. The average Bonchev–Trinajstić information content (AvgIpc) is 2.27. The summed E-state index contributed by atoms with van der Waals surface area (Å²) in [4.78, 5) is 24.7. The van der Waals surface area contributed by atoms with E-state index in [1.165, 1.54) is 11.0 Å². The molecule has 0 aliphatic carbocycles. The molecule has 0 aromatic rings. The van der Waals surface area contributed by atoms with Crippen molar-refractivity contribution in [2.24, 2.45) is 0 Å². The van der Waals surface area contributed by atoms with E-state index in [1.807, 2.05) is 0 Å². The molecule has 1 unspecified atom stereocenters. The van der Waals surface area contributed by atoms with Gasteiger partial charge in [0.1, 0.15) is 5.60 Å². The second-order valence-electron chi connectivity index (χ2n) is 5.54. The standard InChI is InChI=1S/C13H21NO5/c1-5-6-13(10(15)16)9-14(7-8-18-13)11(17)19-12(2,3)4/h5H,1,6-9H2,2-4H3,(H,15,16). The van der Waals surface area contributed by atoms with Crippen molar-refractivity contribution in [3.8, 4) is 0 Å². The van der Waals surface area contributed by atoms with Crippen LogP contribution in [0.3, 0.4) is 0 Å². The number of morpholine rings is 1. The van der Waals surface area contributed by atoms with Crippen LogP contribution in [0.15, 0.2) is 12.7 Å². The van der Waals surface area contributed by atoms with Gasteiger partial charge in [0, 0.05) is 13.0 Å². The number of hydrogen-bond donors (Lipinski definition) is 1. The van der Waals surface area contributed by atoms with Crippen LogP contribution in [0.1, 0.15) is 27.2 Å². The number of carbonyl (C=O) groups excluding carboxylic acids is 1. The Hall–Kier alpha value is -1.56. The highest BCUT2D eigenvalue weighted by Gasteiger charge is 2.45. The second-order valence-corrected chi connectivity index (χ2v) is 5.54. The highest BCUT2D eigenvalue weighted by Crippen LogP contribution is 2.24. The molecule has 0 saturated carbocycles. The van der Waals surface area contributed by atoms with Gasteiger partial charge in [-0.15, -0.1) is 6.58 Å². The number of carbonyl (C=O) groups is 2. The quantitative estimate of drug-likeness (QED) is 0.790. The predicted molar refractivity (Wildman–Crippen MR) is 68.9 cm³/mol. The van der Waals surface area contributed by atoms with Crippen LogP contribution in [0.5, 0.6) is 0 Å². The molecule has 0 aromatic heterocycles. The Morgan fingerprint density at radius 3 is 2.63 bits per heavy atom. The minimum absolute atomic E-state index is 0.0384. The van der Waals surface area contributed by atoms with E-state index in [1.54, 1.807) is 20.8 Å². The zero-order valence-corrected chi connectivity index (χ0v) is 11.6. The summed E-state index contributed by atoms with van der Waals surface area (Å²) < 4.78 is 10.6. The molecule has 19 heavy (non-hydrogen) atoms. The normalized spacial score (nSPS) is 23.8. The average molecular weight is 271 g/mol. The van der Waals surface area contributed by atoms with Gasteiger partial charge in [-0.2, -0.15) is 0 Å². The van der Waals surface area contributed by atoms with Crippen LogP contribution in [0, 0.1) is 0 Å². The molecular weight excluding hydrogens is 250 g/mol. The molecule has 1 aliphatic heterocycles. The van der Waals surface area contributed by atoms with E-state index < -0.39 is 23.3 Å². The fourth-order valence-corrected chi connectivity index (χ4v) is 1.84. The van der Waals surface area contributed by atoms with Crippen LogP contribution >= 0.6 is 0 Å². The molecule has 1 heterocycles. The molecule has 1 amide bonds. The first-order valence-electron chi connectivity index (χ1n) is 6.16. The number of rotatable bonds is 3. The van der Waals surface area contributed by atoms with Gasteiger partial charge in [-0.1, -0.05) is 6.08 Å². The van der Waals surface area contributed by atoms with Crippen molar-refractivity contribution < 1.29 is 24.2 Å². The lowest BCUT2D eigenvalue weighted by Gasteiger charge is -2.39. The van der Waals surface area contributed by atoms with Crippen molar-refractivity contribution in [3.63, 3.8) is 0 Å². The number of aliphatic carboxylic acids is 1. The minimum atomic E-state index is -1.42. The number of hydrogen-bond acceptors (Lipinski definition) is 4. The van der Waals surface area contributed by atoms with Gasteiger partial charge in [-0.05, 0) is 20.8 Å². The third kappa shape index (κ3) is 3.96. The Balaban J connectivity index is 2.80. The zero-order valence-electron chi connectivity index (χ0n) is 11.6. The van der Waals surface area contributed by atoms with E-state index in [2.05, 4.69) is 6.58 Å². The summed E-state index contributed by atoms with van der Waals surface area (Å²) in [5.41, 5.74) is -2.03. The van der Waals surface area contributed by atoms with Gasteiger partial charge in [0.25, 0.3) is 0 Å². The lowest BCUT2D eigenvalue weighted by atomic mass is 9.97. The molecule has 1 fully saturated rings. The number of amides is 1. The Labute approximate surface area is 113 Å². The molecule has 1 atom stereocenters. The summed E-state index contributed by atoms with van der Waals surface area (Å²) in [5, 5.41) is 9.30. The molecule has 0 bridgehead atoms. The molecule has 108 valence electrons. The molecule has 0 aromatic carbocycles. The van der Waals surface area contributed by atoms with Crippen LogP contribution in [0.25, 0.3) is 0 Å². The molecule has 0 radical (unpaired) electrons. The maximum Gasteiger partial charge on any atom is 0.410 e. The van der Waals surface area contributed by atoms with E-state index in [9.17, 15) is 14.7 Å². The predicted octanol–water partition coefficient (Wildman–Crippen LogP) is 1.65. The lowest BCUT2D eigenvalue weighted by Crippen LogP contribution is -2.58. The first-order chi connectivity index (χ1) is 8.70. The van der Waals surface area contributed by atoms with Gasteiger partial charge in [0.2, 0.25) is 0 Å². The van der Waals surface area contributed by atoms with Crippen molar-refractivity contribution in [3.05, 3.63) is 12.7 Å². The van der Waals surface area contributed by atoms with Crippen LogP contribution in [0.4, 0.5) is 4.79 Å². The van der Waals surface area contributed by atoms with Gasteiger partial charge in [0.05, 0.1) is 13.2 Å². The molecule has 1 N–H and O–H groups in total. The van der Waals surface area contributed by atoms with Crippen LogP contribution in [-0.4, -0.2) is 53.0 Å². The summed E-state index contributed by atoms with van der Waals surface area (Å²) in [5.74, 6) is -1.10. The molecule has 1 saturated heterocycles. The molecular formula is C13H21NO5. The van der Waals surface area contributed by atoms with E-state index in [0.29, 0.717) is 6.54 Å². The van der Waals surface area contributed by atoms with Crippen molar-refractivity contribution in [1.82, 2.24) is 4.90 Å². The third-order valence-corrected chi connectivity index (χ3v) is 2.70. The summed E-state index contributed by atoms with van der Waals surface area (Å²) in [6.45, 7) is 9.27. The van der Waals surface area contributed by atoms with Crippen LogP contribution < -0.4 is 0 Å². The highest BCUT2D eigenvalue weighted by atomic mass is 16.6. The lowest BCUT2D eigenvalue weighted by molar-refractivity contribution is -0.176. The van der Waals surface area contributed by atoms with E-state index in [0.717, 1.165) is 0 Å². The molecule has 6 heteroatoms. The first kappa shape index (κ1) is 15.5.